The van der Waals surface area contributed by atoms with Gasteiger partial charge in [-0.15, -0.1) is 21.9 Å². The predicted octanol–water partition coefficient (Wildman–Crippen LogP) is 8.80. The number of aromatic nitrogens is 2. The van der Waals surface area contributed by atoms with Crippen molar-refractivity contribution in [2.45, 2.75) is 10.5 Å². The van der Waals surface area contributed by atoms with Gasteiger partial charge in [-0.2, -0.15) is 4.57 Å². The fourth-order valence-corrected chi connectivity index (χ4v) is 6.67. The second-order valence-corrected chi connectivity index (χ2v) is 14.9. The lowest BCUT2D eigenvalue weighted by Crippen LogP contribution is -2.81. The monoisotopic (exact) mass is 1010 g/mol. The maximum absolute atomic E-state index is 15.4. The van der Waals surface area contributed by atoms with Gasteiger partial charge in [0.1, 0.15) is 52.7 Å². The minimum absolute atomic E-state index is 0.0402. The molecule has 0 amide bonds. The lowest BCUT2D eigenvalue weighted by molar-refractivity contribution is -0.684. The van der Waals surface area contributed by atoms with Crippen LogP contribution in [0.5, 0.6) is 5.88 Å². The largest absolute Gasteiger partial charge is 0.423 e. The van der Waals surface area contributed by atoms with Crippen molar-refractivity contribution in [1.29, 1.82) is 0 Å². The third-order valence-electron chi connectivity index (χ3n) is 9.09. The molecule has 0 radical (unpaired) electrons. The molecule has 344 valence electrons. The number of nitrogens with zero attached hydrogens (tertiary/aromatic N) is 2. The standard InChI is InChI=1S/C24BF20.C13H10Cl3N2O2/c26-5-1(6(27)14(35)21(42)13(5)34)25(2-7(28)15(36)22(43)16(37)8(2)29,3-9(30)17(38)23(44)18(39)10(3)31)4-11(32)19(40)24(45)20(41)12(4)33;14-13(15,16)20-12-9-18(7-6-17-12)8-11(19)10-4-2-1-3-5-10/h;1-7,9H,8H2/q-1;+1. The van der Waals surface area contributed by atoms with E-state index in [-0.39, 0.29) is 18.2 Å². The fourth-order valence-electron chi connectivity index (χ4n) is 6.44. The van der Waals surface area contributed by atoms with Crippen LogP contribution in [-0.2, 0) is 6.54 Å². The van der Waals surface area contributed by atoms with Crippen LogP contribution in [0.2, 0.25) is 0 Å². The minimum atomic E-state index is -7.22. The van der Waals surface area contributed by atoms with Gasteiger partial charge >= 0.3 is 3.98 Å². The number of ketones is 1. The Morgan fingerprint density at radius 3 is 1.03 bits per heavy atom. The van der Waals surface area contributed by atoms with E-state index in [1.54, 1.807) is 22.9 Å². The second-order valence-electron chi connectivity index (χ2n) is 12.7. The summed E-state index contributed by atoms with van der Waals surface area (Å²) in [6, 6.07) is 8.97. The summed E-state index contributed by atoms with van der Waals surface area (Å²) in [5.41, 5.74) is -13.7. The summed E-state index contributed by atoms with van der Waals surface area (Å²) in [7, 11) is 0. The van der Waals surface area contributed by atoms with Crippen molar-refractivity contribution < 1.29 is 102 Å². The molecule has 28 heteroatoms. The molecular weight excluding hydrogens is 1000 g/mol. The molecule has 1 heterocycles. The molecular formula is C37H10BCl3F20N2O2. The van der Waals surface area contributed by atoms with Gasteiger partial charge in [-0.25, -0.2) is 92.8 Å². The first-order valence-corrected chi connectivity index (χ1v) is 17.7. The molecule has 0 fully saturated rings. The van der Waals surface area contributed by atoms with Crippen LogP contribution in [0.25, 0.3) is 0 Å². The van der Waals surface area contributed by atoms with Gasteiger partial charge in [0.2, 0.25) is 18.5 Å². The van der Waals surface area contributed by atoms with E-state index in [2.05, 4.69) is 4.98 Å². The highest BCUT2D eigenvalue weighted by molar-refractivity contribution is 7.20. The van der Waals surface area contributed by atoms with E-state index in [0.717, 1.165) is 0 Å². The Morgan fingerprint density at radius 1 is 0.477 bits per heavy atom. The lowest BCUT2D eigenvalue weighted by atomic mass is 9.12. The number of ether oxygens (including phenoxy) is 1. The Kier molecular flexibility index (Phi) is 14.3. The van der Waals surface area contributed by atoms with Crippen LogP contribution in [0.4, 0.5) is 87.8 Å². The first kappa shape index (κ1) is 50.2. The number of alkyl halides is 3. The third kappa shape index (κ3) is 8.71. The van der Waals surface area contributed by atoms with Gasteiger partial charge in [0.15, 0.2) is 76.0 Å². The quantitative estimate of drug-likeness (QED) is 0.0292. The van der Waals surface area contributed by atoms with E-state index >= 15 is 35.1 Å². The molecule has 0 bridgehead atoms. The van der Waals surface area contributed by atoms with Crippen LogP contribution in [0, 0.1) is 116 Å². The molecule has 0 unspecified atom stereocenters. The molecule has 1 aromatic heterocycles. The third-order valence-corrected chi connectivity index (χ3v) is 9.32. The summed E-state index contributed by atoms with van der Waals surface area (Å²) >= 11 is 16.5. The SMILES string of the molecule is Fc1c(F)c(F)c([B-](c2c(F)c(F)c(F)c(F)c2F)(c2c(F)c(F)c(F)c(F)c2F)c2c(F)c(F)c(F)c(F)c2F)c(F)c1F.O=C(C[n+]1ccnc(OC(Cl)(Cl)Cl)c1)c1ccccc1. The molecule has 65 heavy (non-hydrogen) atoms. The Morgan fingerprint density at radius 2 is 0.754 bits per heavy atom. The van der Waals surface area contributed by atoms with Crippen molar-refractivity contribution >= 4 is 68.6 Å². The van der Waals surface area contributed by atoms with Gasteiger partial charge in [-0.05, 0) is 34.8 Å². The average Bonchev–Trinajstić information content (AvgIpc) is 3.26. The normalized spacial score (nSPS) is 11.7. The summed E-state index contributed by atoms with van der Waals surface area (Å²) in [4.78, 5) is 15.9. The summed E-state index contributed by atoms with van der Waals surface area (Å²) in [5, 5.41) is 0. The summed E-state index contributed by atoms with van der Waals surface area (Å²) in [6.07, 6.45) is -2.63. The number of hydrogen-bond acceptors (Lipinski definition) is 3. The predicted molar refractivity (Wildman–Crippen MR) is 185 cm³/mol. The number of carbonyl (C=O) groups is 1. The number of benzene rings is 5. The molecule has 0 saturated heterocycles. The molecule has 6 rings (SSSR count). The maximum atomic E-state index is 15.4. The molecule has 6 aromatic rings. The van der Waals surface area contributed by atoms with Crippen molar-refractivity contribution in [2.24, 2.45) is 0 Å². The molecule has 0 aliphatic carbocycles. The van der Waals surface area contributed by atoms with Crippen LogP contribution in [0.1, 0.15) is 10.4 Å². The number of hydrogen-bond donors (Lipinski definition) is 0. The molecule has 4 nitrogen and oxygen atoms in total. The second kappa shape index (κ2) is 18.6. The van der Waals surface area contributed by atoms with Gasteiger partial charge in [0, 0.05) is 5.56 Å². The molecule has 0 N–H and O–H groups in total. The fraction of sp³-hybridized carbons (Fsp3) is 0.0541. The van der Waals surface area contributed by atoms with E-state index in [0.29, 0.717) is 5.56 Å². The highest BCUT2D eigenvalue weighted by Crippen LogP contribution is 2.31. The number of Topliss-reactive ketones (excluding diaryl/α,β-unsaturated/α-hetero) is 1. The average molecular weight is 1010 g/mol. The van der Waals surface area contributed by atoms with Gasteiger partial charge in [-0.1, -0.05) is 30.3 Å². The molecule has 0 aliphatic heterocycles. The number of halogens is 23. The highest BCUT2D eigenvalue weighted by Gasteiger charge is 2.52. The Balaban J connectivity index is 0.000000330. The zero-order valence-corrected chi connectivity index (χ0v) is 32.6. The topological polar surface area (TPSA) is 43.1 Å². The Hall–Kier alpha value is -5.82. The van der Waals surface area contributed by atoms with Gasteiger partial charge in [0.05, 0.1) is 6.20 Å². The first-order chi connectivity index (χ1) is 30.1. The lowest BCUT2D eigenvalue weighted by Gasteiger charge is -2.44. The Bertz CT molecular complexity index is 2530. The van der Waals surface area contributed by atoms with E-state index < -0.39 is 148 Å². The van der Waals surface area contributed by atoms with Gasteiger partial charge in [-0.3, -0.25) is 4.79 Å². The van der Waals surface area contributed by atoms with Crippen LogP contribution >= 0.6 is 34.8 Å². The first-order valence-electron chi connectivity index (χ1n) is 16.6. The zero-order valence-electron chi connectivity index (χ0n) is 30.3. The van der Waals surface area contributed by atoms with Crippen molar-refractivity contribution in [3.63, 3.8) is 0 Å². The van der Waals surface area contributed by atoms with Crippen molar-refractivity contribution in [3.8, 4) is 5.88 Å². The van der Waals surface area contributed by atoms with E-state index in [1.807, 2.05) is 18.2 Å². The van der Waals surface area contributed by atoms with E-state index in [4.69, 9.17) is 39.5 Å². The van der Waals surface area contributed by atoms with Gasteiger partial charge < -0.3 is 4.74 Å². The summed E-state index contributed by atoms with van der Waals surface area (Å²) < 4.78 is 299. The zero-order chi connectivity index (χ0) is 48.9. The molecule has 0 aliphatic rings. The van der Waals surface area contributed by atoms with Crippen molar-refractivity contribution in [3.05, 3.63) is 171 Å². The van der Waals surface area contributed by atoms with E-state index in [9.17, 15) is 57.5 Å². The Labute approximate surface area is 362 Å². The maximum Gasteiger partial charge on any atom is 0.340 e. The van der Waals surface area contributed by atoms with Gasteiger partial charge in [0.25, 0.3) is 5.88 Å². The van der Waals surface area contributed by atoms with E-state index in [1.165, 1.54) is 12.4 Å². The highest BCUT2D eigenvalue weighted by atomic mass is 35.6. The van der Waals surface area contributed by atoms with Crippen LogP contribution in [-0.4, -0.2) is 20.9 Å². The minimum Gasteiger partial charge on any atom is -0.423 e. The molecule has 0 saturated carbocycles. The number of carbonyl (C=O) groups excluding carboxylic acids is 1. The molecule has 5 aromatic carbocycles. The van der Waals surface area contributed by atoms with Crippen LogP contribution in [0.15, 0.2) is 48.9 Å². The summed E-state index contributed by atoms with van der Waals surface area (Å²) in [6.45, 7) is 0.142. The number of rotatable bonds is 8. The van der Waals surface area contributed by atoms with Crippen molar-refractivity contribution in [2.75, 3.05) is 0 Å². The van der Waals surface area contributed by atoms with Crippen LogP contribution < -0.4 is 31.2 Å². The summed E-state index contributed by atoms with van der Waals surface area (Å²) in [5.74, 6) is -71.3. The molecule has 0 atom stereocenters. The smallest absolute Gasteiger partial charge is 0.340 e. The van der Waals surface area contributed by atoms with Crippen LogP contribution in [0.3, 0.4) is 0 Å². The van der Waals surface area contributed by atoms with Crippen molar-refractivity contribution in [1.82, 2.24) is 4.98 Å². The molecule has 0 spiro atoms.